The van der Waals surface area contributed by atoms with Crippen molar-refractivity contribution in [3.8, 4) is 0 Å². The zero-order valence-electron chi connectivity index (χ0n) is 8.60. The Bertz CT molecular complexity index is 285. The molecule has 0 radical (unpaired) electrons. The van der Waals surface area contributed by atoms with E-state index in [0.29, 0.717) is 0 Å². The van der Waals surface area contributed by atoms with Crippen molar-refractivity contribution in [2.24, 2.45) is 0 Å². The summed E-state index contributed by atoms with van der Waals surface area (Å²) in [6.07, 6.45) is 3.82. The summed E-state index contributed by atoms with van der Waals surface area (Å²) >= 11 is 1.76. The van der Waals surface area contributed by atoms with E-state index in [9.17, 15) is 5.11 Å². The van der Waals surface area contributed by atoms with Crippen LogP contribution >= 0.6 is 11.8 Å². The van der Waals surface area contributed by atoms with Gasteiger partial charge in [0, 0.05) is 10.6 Å². The first-order chi connectivity index (χ1) is 6.58. The van der Waals surface area contributed by atoms with Crippen LogP contribution in [0.3, 0.4) is 0 Å². The van der Waals surface area contributed by atoms with E-state index in [1.807, 2.05) is 30.4 Å². The van der Waals surface area contributed by atoms with Gasteiger partial charge in [0.05, 0.1) is 5.60 Å². The molecule has 0 saturated carbocycles. The normalized spacial score (nSPS) is 12.2. The largest absolute Gasteiger partial charge is 0.386 e. The molecule has 1 nitrogen and oxygen atoms in total. The SMILES string of the molecule is CC(C)(O)/C=C/CSc1ccccc1. The summed E-state index contributed by atoms with van der Waals surface area (Å²) in [6, 6.07) is 10.2. The molecule has 0 unspecified atom stereocenters. The van der Waals surface area contributed by atoms with Gasteiger partial charge in [-0.25, -0.2) is 0 Å². The Morgan fingerprint density at radius 1 is 1.29 bits per heavy atom. The van der Waals surface area contributed by atoms with Gasteiger partial charge in [-0.05, 0) is 26.0 Å². The van der Waals surface area contributed by atoms with Crippen molar-refractivity contribution >= 4 is 11.8 Å². The fourth-order valence-corrected chi connectivity index (χ4v) is 1.73. The molecule has 2 heteroatoms. The van der Waals surface area contributed by atoms with Crippen LogP contribution in [-0.4, -0.2) is 16.5 Å². The van der Waals surface area contributed by atoms with Crippen LogP contribution in [0.4, 0.5) is 0 Å². The minimum absolute atomic E-state index is 0.697. The van der Waals surface area contributed by atoms with Crippen molar-refractivity contribution in [2.45, 2.75) is 24.3 Å². The van der Waals surface area contributed by atoms with Crippen molar-refractivity contribution in [1.29, 1.82) is 0 Å². The van der Waals surface area contributed by atoms with E-state index < -0.39 is 5.60 Å². The van der Waals surface area contributed by atoms with Gasteiger partial charge in [0.15, 0.2) is 0 Å². The van der Waals surface area contributed by atoms with E-state index in [2.05, 4.69) is 12.1 Å². The highest BCUT2D eigenvalue weighted by atomic mass is 32.2. The average molecular weight is 208 g/mol. The molecular weight excluding hydrogens is 192 g/mol. The highest BCUT2D eigenvalue weighted by molar-refractivity contribution is 7.99. The molecule has 0 aliphatic carbocycles. The molecule has 14 heavy (non-hydrogen) atoms. The lowest BCUT2D eigenvalue weighted by molar-refractivity contribution is 0.133. The summed E-state index contributed by atoms with van der Waals surface area (Å²) in [5.74, 6) is 0.897. The van der Waals surface area contributed by atoms with Crippen molar-refractivity contribution in [3.05, 3.63) is 42.5 Å². The van der Waals surface area contributed by atoms with Crippen molar-refractivity contribution in [3.63, 3.8) is 0 Å². The molecule has 0 saturated heterocycles. The lowest BCUT2D eigenvalue weighted by Gasteiger charge is -2.09. The molecule has 0 fully saturated rings. The number of hydrogen-bond acceptors (Lipinski definition) is 2. The molecule has 76 valence electrons. The maximum Gasteiger partial charge on any atom is 0.0771 e. The van der Waals surface area contributed by atoms with Gasteiger partial charge >= 0.3 is 0 Å². The van der Waals surface area contributed by atoms with Crippen molar-refractivity contribution in [1.82, 2.24) is 0 Å². The lowest BCUT2D eigenvalue weighted by Crippen LogP contribution is -2.13. The van der Waals surface area contributed by atoms with Gasteiger partial charge in [-0.15, -0.1) is 11.8 Å². The molecule has 0 spiro atoms. The van der Waals surface area contributed by atoms with E-state index in [1.165, 1.54) is 4.90 Å². The number of rotatable bonds is 4. The number of benzene rings is 1. The van der Waals surface area contributed by atoms with Crippen molar-refractivity contribution < 1.29 is 5.11 Å². The Hall–Kier alpha value is -0.730. The Morgan fingerprint density at radius 3 is 2.50 bits per heavy atom. The fraction of sp³-hybridized carbons (Fsp3) is 0.333. The Labute approximate surface area is 89.8 Å². The van der Waals surface area contributed by atoms with Gasteiger partial charge in [0.1, 0.15) is 0 Å². The third kappa shape index (κ3) is 5.10. The van der Waals surface area contributed by atoms with Crippen LogP contribution < -0.4 is 0 Å². The van der Waals surface area contributed by atoms with Gasteiger partial charge in [-0.2, -0.15) is 0 Å². The van der Waals surface area contributed by atoms with Gasteiger partial charge < -0.3 is 5.11 Å². The molecule has 1 aromatic rings. The van der Waals surface area contributed by atoms with E-state index in [-0.39, 0.29) is 0 Å². The average Bonchev–Trinajstić information content (AvgIpc) is 2.13. The van der Waals surface area contributed by atoms with Crippen LogP contribution in [-0.2, 0) is 0 Å². The highest BCUT2D eigenvalue weighted by Crippen LogP contribution is 2.17. The Morgan fingerprint density at radius 2 is 1.93 bits per heavy atom. The molecule has 1 aromatic carbocycles. The number of thioether (sulfide) groups is 1. The van der Waals surface area contributed by atoms with E-state index in [1.54, 1.807) is 25.6 Å². The third-order valence-corrected chi connectivity index (χ3v) is 2.58. The molecule has 0 aliphatic rings. The summed E-state index contributed by atoms with van der Waals surface area (Å²) in [4.78, 5) is 1.26. The third-order valence-electron chi connectivity index (χ3n) is 1.62. The predicted octanol–water partition coefficient (Wildman–Crippen LogP) is 3.11. The van der Waals surface area contributed by atoms with Crippen LogP contribution in [0.5, 0.6) is 0 Å². The number of aliphatic hydroxyl groups is 1. The molecule has 0 aliphatic heterocycles. The fourth-order valence-electron chi connectivity index (χ4n) is 0.998. The summed E-state index contributed by atoms with van der Waals surface area (Å²) in [6.45, 7) is 3.55. The van der Waals surface area contributed by atoms with Gasteiger partial charge in [-0.1, -0.05) is 30.4 Å². The standard InChI is InChI=1S/C12H16OS/c1-12(2,13)9-6-10-14-11-7-4-3-5-8-11/h3-9,13H,10H2,1-2H3/b9-6+. The summed E-state index contributed by atoms with van der Waals surface area (Å²) in [7, 11) is 0. The smallest absolute Gasteiger partial charge is 0.0771 e. The molecule has 0 heterocycles. The van der Waals surface area contributed by atoms with Gasteiger partial charge in [-0.3, -0.25) is 0 Å². The first kappa shape index (κ1) is 11.3. The topological polar surface area (TPSA) is 20.2 Å². The lowest BCUT2D eigenvalue weighted by atomic mass is 10.1. The van der Waals surface area contributed by atoms with Crippen LogP contribution in [0.15, 0.2) is 47.4 Å². The second kappa shape index (κ2) is 5.23. The zero-order chi connectivity index (χ0) is 10.4. The number of hydrogen-bond donors (Lipinski definition) is 1. The first-order valence-electron chi connectivity index (χ1n) is 4.66. The maximum absolute atomic E-state index is 9.42. The molecule has 0 aromatic heterocycles. The molecule has 1 rings (SSSR count). The second-order valence-electron chi connectivity index (χ2n) is 3.68. The molecule has 0 atom stereocenters. The first-order valence-corrected chi connectivity index (χ1v) is 5.64. The maximum atomic E-state index is 9.42. The van der Waals surface area contributed by atoms with Crippen LogP contribution in [0, 0.1) is 0 Å². The monoisotopic (exact) mass is 208 g/mol. The van der Waals surface area contributed by atoms with Gasteiger partial charge in [0.2, 0.25) is 0 Å². The van der Waals surface area contributed by atoms with E-state index in [0.717, 1.165) is 5.75 Å². The molecule has 0 bridgehead atoms. The Kier molecular flexibility index (Phi) is 4.23. The molecule has 0 amide bonds. The quantitative estimate of drug-likeness (QED) is 0.606. The van der Waals surface area contributed by atoms with Crippen LogP contribution in [0.25, 0.3) is 0 Å². The molecular formula is C12H16OS. The Balaban J connectivity index is 2.33. The van der Waals surface area contributed by atoms with Crippen LogP contribution in [0.2, 0.25) is 0 Å². The van der Waals surface area contributed by atoms with E-state index in [4.69, 9.17) is 0 Å². The van der Waals surface area contributed by atoms with Crippen molar-refractivity contribution in [2.75, 3.05) is 5.75 Å². The highest BCUT2D eigenvalue weighted by Gasteiger charge is 2.04. The van der Waals surface area contributed by atoms with Gasteiger partial charge in [0.25, 0.3) is 0 Å². The zero-order valence-corrected chi connectivity index (χ0v) is 9.42. The minimum Gasteiger partial charge on any atom is -0.386 e. The van der Waals surface area contributed by atoms with Crippen LogP contribution in [0.1, 0.15) is 13.8 Å². The molecule has 1 N–H and O–H groups in total. The van der Waals surface area contributed by atoms with E-state index >= 15 is 0 Å². The predicted molar refractivity (Wildman–Crippen MR) is 62.6 cm³/mol. The summed E-state index contributed by atoms with van der Waals surface area (Å²) in [5.41, 5.74) is -0.697. The minimum atomic E-state index is -0.697. The summed E-state index contributed by atoms with van der Waals surface area (Å²) in [5, 5.41) is 9.42. The second-order valence-corrected chi connectivity index (χ2v) is 4.77. The summed E-state index contributed by atoms with van der Waals surface area (Å²) < 4.78 is 0.